The average molecular weight is 380 g/mol. The highest BCUT2D eigenvalue weighted by atomic mass is 16.2. The van der Waals surface area contributed by atoms with Crippen molar-refractivity contribution in [2.75, 3.05) is 16.8 Å². The molecule has 0 radical (unpaired) electrons. The first-order valence-electron chi connectivity index (χ1n) is 9.76. The fourth-order valence-corrected chi connectivity index (χ4v) is 3.88. The molecule has 1 N–H and O–H groups in total. The van der Waals surface area contributed by atoms with Crippen LogP contribution in [0.4, 0.5) is 17.2 Å². The van der Waals surface area contributed by atoms with E-state index in [1.54, 1.807) is 24.5 Å². The highest BCUT2D eigenvalue weighted by Crippen LogP contribution is 2.29. The van der Waals surface area contributed by atoms with Crippen molar-refractivity contribution in [3.8, 4) is 0 Å². The molecule has 0 unspecified atom stereocenters. The van der Waals surface area contributed by atoms with Crippen molar-refractivity contribution >= 4 is 34.0 Å². The van der Waals surface area contributed by atoms with E-state index in [1.807, 2.05) is 53.4 Å². The number of para-hydroxylation sites is 2. The number of rotatable bonds is 3. The van der Waals surface area contributed by atoms with Gasteiger partial charge in [-0.2, -0.15) is 0 Å². The molecule has 29 heavy (non-hydrogen) atoms. The van der Waals surface area contributed by atoms with Crippen LogP contribution < -0.4 is 10.2 Å². The third-order valence-electron chi connectivity index (χ3n) is 5.26. The van der Waals surface area contributed by atoms with Crippen molar-refractivity contribution in [1.29, 1.82) is 0 Å². The number of nitrogens with zero attached hydrogens (tertiary/aromatic N) is 3. The molecule has 5 rings (SSSR count). The standard InChI is InChI=1S/C24H20N4O/c29-24(28-15-5-9-17-6-1-2-11-21(17)28)19-12-14-25-22(16-19)27-20-10-3-7-18-8-4-13-26-23(18)20/h1-4,6-8,10-14,16H,5,9,15H2,(H,25,27). The van der Waals surface area contributed by atoms with Crippen LogP contribution in [0.2, 0.25) is 0 Å². The Labute approximate surface area is 169 Å². The van der Waals surface area contributed by atoms with Gasteiger partial charge in [-0.3, -0.25) is 9.78 Å². The molecule has 0 fully saturated rings. The second kappa shape index (κ2) is 7.36. The first kappa shape index (κ1) is 17.4. The zero-order chi connectivity index (χ0) is 19.6. The highest BCUT2D eigenvalue weighted by molar-refractivity contribution is 6.07. The van der Waals surface area contributed by atoms with Crippen LogP contribution in [-0.4, -0.2) is 22.4 Å². The van der Waals surface area contributed by atoms with Gasteiger partial charge in [0.15, 0.2) is 0 Å². The normalized spacial score (nSPS) is 13.2. The predicted octanol–water partition coefficient (Wildman–Crippen LogP) is 4.97. The van der Waals surface area contributed by atoms with E-state index in [9.17, 15) is 4.79 Å². The van der Waals surface area contributed by atoms with Gasteiger partial charge in [0.1, 0.15) is 5.82 Å². The Hall–Kier alpha value is -3.73. The summed E-state index contributed by atoms with van der Waals surface area (Å²) in [6.07, 6.45) is 5.43. The largest absolute Gasteiger partial charge is 0.338 e. The zero-order valence-electron chi connectivity index (χ0n) is 15.9. The highest BCUT2D eigenvalue weighted by Gasteiger charge is 2.23. The molecule has 0 saturated heterocycles. The van der Waals surface area contributed by atoms with E-state index in [0.717, 1.165) is 41.7 Å². The van der Waals surface area contributed by atoms with Gasteiger partial charge in [0.2, 0.25) is 0 Å². The number of benzene rings is 2. The third kappa shape index (κ3) is 3.31. The first-order chi connectivity index (χ1) is 14.3. The van der Waals surface area contributed by atoms with Crippen LogP contribution in [0.3, 0.4) is 0 Å². The van der Waals surface area contributed by atoms with Gasteiger partial charge in [0.25, 0.3) is 5.91 Å². The van der Waals surface area contributed by atoms with Gasteiger partial charge in [0.05, 0.1) is 11.2 Å². The lowest BCUT2D eigenvalue weighted by Crippen LogP contribution is -2.35. The number of nitrogens with one attached hydrogen (secondary N) is 1. The number of pyridine rings is 2. The molecule has 4 aromatic rings. The summed E-state index contributed by atoms with van der Waals surface area (Å²) in [4.78, 5) is 24.0. The molecule has 0 atom stereocenters. The molecule has 0 aliphatic carbocycles. The van der Waals surface area contributed by atoms with Gasteiger partial charge in [-0.25, -0.2) is 4.98 Å². The fraction of sp³-hybridized carbons (Fsp3) is 0.125. The maximum Gasteiger partial charge on any atom is 0.258 e. The molecule has 142 valence electrons. The molecule has 0 bridgehead atoms. The van der Waals surface area contributed by atoms with Gasteiger partial charge in [0, 0.05) is 35.6 Å². The van der Waals surface area contributed by atoms with Gasteiger partial charge in [-0.1, -0.05) is 36.4 Å². The van der Waals surface area contributed by atoms with Crippen molar-refractivity contribution in [2.24, 2.45) is 0 Å². The van der Waals surface area contributed by atoms with Crippen molar-refractivity contribution in [3.05, 3.63) is 90.3 Å². The van der Waals surface area contributed by atoms with Crippen LogP contribution in [0.15, 0.2) is 79.1 Å². The van der Waals surface area contributed by atoms with Crippen molar-refractivity contribution < 1.29 is 4.79 Å². The number of hydrogen-bond donors (Lipinski definition) is 1. The summed E-state index contributed by atoms with van der Waals surface area (Å²) < 4.78 is 0. The maximum absolute atomic E-state index is 13.2. The minimum atomic E-state index is -0.00125. The number of aromatic nitrogens is 2. The van der Waals surface area contributed by atoms with Crippen molar-refractivity contribution in [3.63, 3.8) is 0 Å². The van der Waals surface area contributed by atoms with Crippen LogP contribution in [-0.2, 0) is 6.42 Å². The summed E-state index contributed by atoms with van der Waals surface area (Å²) in [7, 11) is 0. The van der Waals surface area contributed by atoms with Crippen LogP contribution in [0, 0.1) is 0 Å². The smallest absolute Gasteiger partial charge is 0.258 e. The van der Waals surface area contributed by atoms with Gasteiger partial charge >= 0.3 is 0 Å². The Bertz CT molecular complexity index is 1200. The first-order valence-corrected chi connectivity index (χ1v) is 9.76. The van der Waals surface area contributed by atoms with E-state index in [-0.39, 0.29) is 5.91 Å². The lowest BCUT2D eigenvalue weighted by atomic mass is 10.0. The lowest BCUT2D eigenvalue weighted by Gasteiger charge is -2.29. The molecule has 1 aliphatic rings. The van der Waals surface area contributed by atoms with Gasteiger partial charge in [-0.15, -0.1) is 0 Å². The Kier molecular flexibility index (Phi) is 4.41. The molecule has 5 heteroatoms. The predicted molar refractivity (Wildman–Crippen MR) is 116 cm³/mol. The molecule has 0 saturated carbocycles. The number of carbonyl (C=O) groups excluding carboxylic acids is 1. The van der Waals surface area contributed by atoms with Crippen LogP contribution in [0.1, 0.15) is 22.3 Å². The van der Waals surface area contributed by atoms with E-state index in [0.29, 0.717) is 11.4 Å². The Morgan fingerprint density at radius 1 is 0.931 bits per heavy atom. The van der Waals surface area contributed by atoms with E-state index in [2.05, 4.69) is 21.4 Å². The number of fused-ring (bicyclic) bond motifs is 2. The maximum atomic E-state index is 13.2. The number of anilines is 3. The molecule has 3 heterocycles. The van der Waals surface area contributed by atoms with Crippen LogP contribution >= 0.6 is 0 Å². The topological polar surface area (TPSA) is 58.1 Å². The third-order valence-corrected chi connectivity index (χ3v) is 5.26. The SMILES string of the molecule is O=C(c1ccnc(Nc2cccc3cccnc23)c1)N1CCCc2ccccc21. The van der Waals surface area contributed by atoms with E-state index in [1.165, 1.54) is 5.56 Å². The second-order valence-electron chi connectivity index (χ2n) is 7.12. The van der Waals surface area contributed by atoms with E-state index in [4.69, 9.17) is 0 Å². The van der Waals surface area contributed by atoms with Gasteiger partial charge in [-0.05, 0) is 48.7 Å². The number of carbonyl (C=O) groups is 1. The number of hydrogen-bond acceptors (Lipinski definition) is 4. The Morgan fingerprint density at radius 3 is 2.79 bits per heavy atom. The molecule has 0 spiro atoms. The molecular formula is C24H20N4O. The van der Waals surface area contributed by atoms with Crippen molar-refractivity contribution in [1.82, 2.24) is 9.97 Å². The van der Waals surface area contributed by atoms with Crippen LogP contribution in [0.5, 0.6) is 0 Å². The summed E-state index contributed by atoms with van der Waals surface area (Å²) >= 11 is 0. The second-order valence-corrected chi connectivity index (χ2v) is 7.12. The monoisotopic (exact) mass is 380 g/mol. The molecule has 1 amide bonds. The zero-order valence-corrected chi connectivity index (χ0v) is 15.9. The summed E-state index contributed by atoms with van der Waals surface area (Å²) in [5, 5.41) is 4.37. The molecule has 2 aromatic heterocycles. The summed E-state index contributed by atoms with van der Waals surface area (Å²) in [6.45, 7) is 0.730. The number of aryl methyl sites for hydroxylation is 1. The molecule has 1 aliphatic heterocycles. The quantitative estimate of drug-likeness (QED) is 0.545. The van der Waals surface area contributed by atoms with Gasteiger partial charge < -0.3 is 10.2 Å². The lowest BCUT2D eigenvalue weighted by molar-refractivity contribution is 0.0985. The average Bonchev–Trinajstić information content (AvgIpc) is 2.79. The fourth-order valence-electron chi connectivity index (χ4n) is 3.88. The summed E-state index contributed by atoms with van der Waals surface area (Å²) in [6, 6.07) is 21.6. The molecular weight excluding hydrogens is 360 g/mol. The van der Waals surface area contributed by atoms with Crippen molar-refractivity contribution in [2.45, 2.75) is 12.8 Å². The molecule has 2 aromatic carbocycles. The Balaban J connectivity index is 1.45. The minimum absolute atomic E-state index is 0.00125. The Morgan fingerprint density at radius 2 is 1.83 bits per heavy atom. The molecule has 5 nitrogen and oxygen atoms in total. The summed E-state index contributed by atoms with van der Waals surface area (Å²) in [5.41, 5.74) is 4.59. The minimum Gasteiger partial charge on any atom is -0.338 e. The number of amides is 1. The summed E-state index contributed by atoms with van der Waals surface area (Å²) in [5.74, 6) is 0.623. The van der Waals surface area contributed by atoms with Crippen LogP contribution in [0.25, 0.3) is 10.9 Å². The van der Waals surface area contributed by atoms with E-state index < -0.39 is 0 Å². The van der Waals surface area contributed by atoms with E-state index >= 15 is 0 Å².